The maximum atomic E-state index is 11.9. The molecule has 1 unspecified atom stereocenters. The maximum absolute atomic E-state index is 11.9. The van der Waals surface area contributed by atoms with Crippen molar-refractivity contribution in [3.63, 3.8) is 0 Å². The van der Waals surface area contributed by atoms with Crippen LogP contribution in [0.15, 0.2) is 78.9 Å². The summed E-state index contributed by atoms with van der Waals surface area (Å²) in [5, 5.41) is 2.56. The van der Waals surface area contributed by atoms with E-state index in [1.165, 1.54) is 27.5 Å². The Morgan fingerprint density at radius 1 is 0.925 bits per heavy atom. The van der Waals surface area contributed by atoms with Crippen molar-refractivity contribution >= 4 is 16.7 Å². The summed E-state index contributed by atoms with van der Waals surface area (Å²) in [5.41, 5.74) is 4.49. The Kier molecular flexibility index (Phi) is 8.87. The fourth-order valence-corrected chi connectivity index (χ4v) is 5.62. The van der Waals surface area contributed by atoms with Crippen LogP contribution in [-0.2, 0) is 17.6 Å². The molecule has 6 nitrogen and oxygen atoms in total. The number of methoxy groups -OCH3 is 2. The SMILES string of the molecule is CCOC(=O)c1ccc(OCCCN2CCc3cc(OC)c(OC)cc3C2Cc2cccc3ccccc23)cc1. The molecular formula is C34H37NO5. The molecule has 4 aromatic carbocycles. The number of carbonyl (C=O) groups is 1. The number of ether oxygens (including phenoxy) is 4. The van der Waals surface area contributed by atoms with Gasteiger partial charge < -0.3 is 18.9 Å². The lowest BCUT2D eigenvalue weighted by Crippen LogP contribution is -2.38. The van der Waals surface area contributed by atoms with Crippen LogP contribution >= 0.6 is 0 Å². The molecule has 0 saturated carbocycles. The van der Waals surface area contributed by atoms with Crippen molar-refractivity contribution in [1.82, 2.24) is 4.90 Å². The van der Waals surface area contributed by atoms with Crippen LogP contribution in [0.3, 0.4) is 0 Å². The summed E-state index contributed by atoms with van der Waals surface area (Å²) in [6.07, 6.45) is 2.74. The second-order valence-electron chi connectivity index (χ2n) is 10.00. The van der Waals surface area contributed by atoms with E-state index >= 15 is 0 Å². The van der Waals surface area contributed by atoms with Crippen molar-refractivity contribution in [1.29, 1.82) is 0 Å². The minimum absolute atomic E-state index is 0.207. The lowest BCUT2D eigenvalue weighted by atomic mass is 9.87. The summed E-state index contributed by atoms with van der Waals surface area (Å²) >= 11 is 0. The van der Waals surface area contributed by atoms with Crippen LogP contribution in [-0.4, -0.2) is 51.4 Å². The summed E-state index contributed by atoms with van der Waals surface area (Å²) in [6, 6.07) is 26.8. The largest absolute Gasteiger partial charge is 0.494 e. The smallest absolute Gasteiger partial charge is 0.338 e. The topological polar surface area (TPSA) is 57.2 Å². The highest BCUT2D eigenvalue weighted by Gasteiger charge is 2.29. The van der Waals surface area contributed by atoms with Crippen molar-refractivity contribution in [2.24, 2.45) is 0 Å². The minimum atomic E-state index is -0.314. The Hall–Kier alpha value is -4.03. The van der Waals surface area contributed by atoms with Crippen LogP contribution in [0, 0.1) is 0 Å². The second kappa shape index (κ2) is 12.9. The van der Waals surface area contributed by atoms with Crippen molar-refractivity contribution < 1.29 is 23.7 Å². The minimum Gasteiger partial charge on any atom is -0.494 e. The molecule has 0 bridgehead atoms. The number of rotatable bonds is 11. The van der Waals surface area contributed by atoms with E-state index in [9.17, 15) is 4.79 Å². The highest BCUT2D eigenvalue weighted by molar-refractivity contribution is 5.89. The Morgan fingerprint density at radius 2 is 1.68 bits per heavy atom. The zero-order chi connectivity index (χ0) is 27.9. The van der Waals surface area contributed by atoms with Gasteiger partial charge in [0.2, 0.25) is 0 Å². The molecule has 0 aliphatic carbocycles. The summed E-state index contributed by atoms with van der Waals surface area (Å²) < 4.78 is 22.4. The normalized spacial score (nSPS) is 14.9. The number of benzene rings is 4. The van der Waals surface area contributed by atoms with Gasteiger partial charge in [-0.2, -0.15) is 0 Å². The van der Waals surface area contributed by atoms with E-state index in [-0.39, 0.29) is 12.0 Å². The molecule has 0 saturated heterocycles. The summed E-state index contributed by atoms with van der Waals surface area (Å²) in [6.45, 7) is 4.63. The zero-order valence-corrected chi connectivity index (χ0v) is 23.5. The molecule has 0 aromatic heterocycles. The monoisotopic (exact) mass is 539 g/mol. The summed E-state index contributed by atoms with van der Waals surface area (Å²) in [7, 11) is 3.39. The average molecular weight is 540 g/mol. The quantitative estimate of drug-likeness (QED) is 0.157. The maximum Gasteiger partial charge on any atom is 0.338 e. The van der Waals surface area contributed by atoms with Crippen LogP contribution in [0.5, 0.6) is 17.2 Å². The van der Waals surface area contributed by atoms with E-state index in [0.717, 1.165) is 49.6 Å². The van der Waals surface area contributed by atoms with E-state index in [1.807, 2.05) is 12.1 Å². The molecule has 5 rings (SSSR count). The van der Waals surface area contributed by atoms with Gasteiger partial charge in [0.25, 0.3) is 0 Å². The molecule has 1 heterocycles. The van der Waals surface area contributed by atoms with E-state index in [0.29, 0.717) is 18.8 Å². The number of carbonyl (C=O) groups excluding carboxylic acids is 1. The number of esters is 1. The highest BCUT2D eigenvalue weighted by atomic mass is 16.5. The lowest BCUT2D eigenvalue weighted by molar-refractivity contribution is 0.0526. The molecule has 0 spiro atoms. The molecule has 0 amide bonds. The van der Waals surface area contributed by atoms with E-state index in [2.05, 4.69) is 59.5 Å². The van der Waals surface area contributed by atoms with Crippen LogP contribution in [0.4, 0.5) is 0 Å². The third kappa shape index (κ3) is 6.07. The first kappa shape index (κ1) is 27.5. The fourth-order valence-electron chi connectivity index (χ4n) is 5.62. The van der Waals surface area contributed by atoms with Crippen molar-refractivity contribution in [2.45, 2.75) is 32.2 Å². The van der Waals surface area contributed by atoms with Gasteiger partial charge in [0.1, 0.15) is 5.75 Å². The highest BCUT2D eigenvalue weighted by Crippen LogP contribution is 2.40. The molecule has 1 atom stereocenters. The molecule has 6 heteroatoms. The van der Waals surface area contributed by atoms with Gasteiger partial charge in [0.15, 0.2) is 11.5 Å². The molecule has 40 heavy (non-hydrogen) atoms. The zero-order valence-electron chi connectivity index (χ0n) is 23.5. The third-order valence-corrected chi connectivity index (χ3v) is 7.63. The number of nitrogens with zero attached hydrogens (tertiary/aromatic N) is 1. The fraction of sp³-hybridized carbons (Fsp3) is 0.324. The van der Waals surface area contributed by atoms with Gasteiger partial charge in [-0.15, -0.1) is 0 Å². The molecule has 0 fully saturated rings. The van der Waals surface area contributed by atoms with Gasteiger partial charge in [-0.05, 0) is 90.0 Å². The molecule has 1 aliphatic heterocycles. The number of hydrogen-bond acceptors (Lipinski definition) is 6. The molecule has 0 radical (unpaired) electrons. The molecule has 208 valence electrons. The first-order valence-electron chi connectivity index (χ1n) is 14.0. The Labute approximate surface area is 236 Å². The predicted octanol–water partition coefficient (Wildman–Crippen LogP) is 6.64. The van der Waals surface area contributed by atoms with Crippen LogP contribution < -0.4 is 14.2 Å². The van der Waals surface area contributed by atoms with Crippen molar-refractivity contribution in [3.05, 3.63) is 101 Å². The van der Waals surface area contributed by atoms with E-state index in [1.54, 1.807) is 33.3 Å². The lowest BCUT2D eigenvalue weighted by Gasteiger charge is -2.38. The third-order valence-electron chi connectivity index (χ3n) is 7.63. The number of hydrogen-bond donors (Lipinski definition) is 0. The van der Waals surface area contributed by atoms with Gasteiger partial charge >= 0.3 is 5.97 Å². The molecule has 1 aliphatic rings. The Morgan fingerprint density at radius 3 is 2.45 bits per heavy atom. The predicted molar refractivity (Wildman–Crippen MR) is 158 cm³/mol. The van der Waals surface area contributed by atoms with Gasteiger partial charge in [-0.3, -0.25) is 4.90 Å². The molecule has 4 aromatic rings. The standard InChI is InChI=1S/C34H37NO5/c1-4-39-34(36)25-13-15-28(16-14-25)40-20-8-18-35-19-17-27-22-32(37-2)33(38-3)23-30(27)31(35)21-26-11-7-10-24-9-5-6-12-29(24)26/h5-7,9-16,22-23,31H,4,8,17-21H2,1-3H3. The average Bonchev–Trinajstić information content (AvgIpc) is 3.00. The number of fused-ring (bicyclic) bond motifs is 2. The first-order chi connectivity index (χ1) is 19.6. The second-order valence-corrected chi connectivity index (χ2v) is 10.00. The Balaban J connectivity index is 1.33. The Bertz CT molecular complexity index is 1440. The summed E-state index contributed by atoms with van der Waals surface area (Å²) in [5.74, 6) is 1.98. The molecular weight excluding hydrogens is 502 g/mol. The van der Waals surface area contributed by atoms with Crippen LogP contribution in [0.25, 0.3) is 10.8 Å². The van der Waals surface area contributed by atoms with Crippen LogP contribution in [0.2, 0.25) is 0 Å². The summed E-state index contributed by atoms with van der Waals surface area (Å²) in [4.78, 5) is 14.5. The van der Waals surface area contributed by atoms with Crippen molar-refractivity contribution in [3.8, 4) is 17.2 Å². The van der Waals surface area contributed by atoms with Crippen molar-refractivity contribution in [2.75, 3.05) is 40.5 Å². The van der Waals surface area contributed by atoms with Gasteiger partial charge in [0.05, 0.1) is 33.0 Å². The van der Waals surface area contributed by atoms with Gasteiger partial charge in [-0.25, -0.2) is 4.79 Å². The van der Waals surface area contributed by atoms with Gasteiger partial charge in [0, 0.05) is 19.1 Å². The first-order valence-corrected chi connectivity index (χ1v) is 14.0. The van der Waals surface area contributed by atoms with Crippen LogP contribution in [0.1, 0.15) is 46.4 Å². The molecule has 0 N–H and O–H groups in total. The van der Waals surface area contributed by atoms with Gasteiger partial charge in [-0.1, -0.05) is 42.5 Å². The van der Waals surface area contributed by atoms with E-state index in [4.69, 9.17) is 18.9 Å². The van der Waals surface area contributed by atoms with E-state index < -0.39 is 0 Å².